The summed E-state index contributed by atoms with van der Waals surface area (Å²) in [6.45, 7) is 9.19. The Morgan fingerprint density at radius 3 is 1.70 bits per heavy atom. The molecule has 0 aromatic heterocycles. The summed E-state index contributed by atoms with van der Waals surface area (Å²) in [4.78, 5) is 44.0. The molecule has 0 saturated carbocycles. The van der Waals surface area contributed by atoms with E-state index in [4.69, 9.17) is 9.47 Å². The van der Waals surface area contributed by atoms with E-state index in [1.54, 1.807) is 24.3 Å². The maximum Gasteiger partial charge on any atom is 0.314 e. The van der Waals surface area contributed by atoms with Gasteiger partial charge in [-0.2, -0.15) is 0 Å². The highest BCUT2D eigenvalue weighted by Gasteiger charge is 2.33. The number of unbranched alkanes of at least 4 members (excludes halogenated alkanes) is 2. The van der Waals surface area contributed by atoms with Gasteiger partial charge < -0.3 is 9.47 Å². The average molecular weight is 667 g/mol. The fraction of sp³-hybridized carbons (Fsp3) is 0.325. The Kier molecular flexibility index (Phi) is 12.0. The minimum absolute atomic E-state index is 0.101. The Labute approximate surface area is 286 Å². The molecule has 0 fully saturated rings. The summed E-state index contributed by atoms with van der Waals surface area (Å²) in [5.74, 6) is 1.29. The van der Waals surface area contributed by atoms with Gasteiger partial charge in [-0.05, 0) is 85.8 Å². The average Bonchev–Trinajstić information content (AvgIpc) is 3.07. The van der Waals surface area contributed by atoms with Gasteiger partial charge in [0.15, 0.2) is 11.6 Å². The van der Waals surface area contributed by atoms with Gasteiger partial charge >= 0.3 is 5.97 Å². The molecule has 47 heavy (non-hydrogen) atoms. The summed E-state index contributed by atoms with van der Waals surface area (Å²) >= 11 is 2.89. The number of carbonyl (C=O) groups excluding carboxylic acids is 3. The monoisotopic (exact) mass is 666 g/mol. The number of benzene rings is 4. The second-order valence-electron chi connectivity index (χ2n) is 12.2. The summed E-state index contributed by atoms with van der Waals surface area (Å²) < 4.78 is 11.5. The number of ketones is 2. The van der Waals surface area contributed by atoms with E-state index in [1.165, 1.54) is 23.5 Å². The van der Waals surface area contributed by atoms with Gasteiger partial charge in [0.25, 0.3) is 0 Å². The first-order valence-electron chi connectivity index (χ1n) is 16.5. The van der Waals surface area contributed by atoms with Crippen LogP contribution in [-0.4, -0.2) is 24.1 Å². The van der Waals surface area contributed by atoms with E-state index >= 15 is 0 Å². The van der Waals surface area contributed by atoms with E-state index in [-0.39, 0.29) is 23.5 Å². The molecule has 5 nitrogen and oxygen atoms in total. The molecular weight excluding hydrogens is 625 g/mol. The van der Waals surface area contributed by atoms with Crippen molar-refractivity contribution in [3.8, 4) is 11.5 Å². The largest absolute Gasteiger partial charge is 0.494 e. The van der Waals surface area contributed by atoms with Crippen LogP contribution in [0.2, 0.25) is 0 Å². The molecule has 1 atom stereocenters. The highest BCUT2D eigenvalue weighted by molar-refractivity contribution is 7.99. The van der Waals surface area contributed by atoms with Crippen LogP contribution in [0.5, 0.6) is 11.5 Å². The Balaban J connectivity index is 1.30. The van der Waals surface area contributed by atoms with Gasteiger partial charge in [0.1, 0.15) is 11.5 Å². The van der Waals surface area contributed by atoms with Gasteiger partial charge in [-0.25, -0.2) is 0 Å². The van der Waals surface area contributed by atoms with E-state index in [2.05, 4.69) is 20.8 Å². The maximum absolute atomic E-state index is 14.0. The van der Waals surface area contributed by atoms with Crippen LogP contribution >= 0.6 is 23.5 Å². The van der Waals surface area contributed by atoms with Crippen molar-refractivity contribution in [2.24, 2.45) is 11.8 Å². The van der Waals surface area contributed by atoms with Crippen molar-refractivity contribution in [2.75, 3.05) is 6.61 Å². The van der Waals surface area contributed by atoms with Gasteiger partial charge in [0.2, 0.25) is 0 Å². The number of rotatable bonds is 15. The highest BCUT2D eigenvalue weighted by Crippen LogP contribution is 2.41. The molecule has 4 aromatic carbocycles. The number of carbonyl (C=O) groups is 3. The van der Waals surface area contributed by atoms with Gasteiger partial charge in [-0.1, -0.05) is 94.7 Å². The zero-order valence-corrected chi connectivity index (χ0v) is 29.2. The van der Waals surface area contributed by atoms with E-state index in [1.807, 2.05) is 67.6 Å². The third-order valence-electron chi connectivity index (χ3n) is 8.26. The highest BCUT2D eigenvalue weighted by atomic mass is 32.2. The third kappa shape index (κ3) is 8.57. The van der Waals surface area contributed by atoms with Gasteiger partial charge in [-0.15, -0.1) is 0 Å². The zero-order valence-electron chi connectivity index (χ0n) is 27.5. The van der Waals surface area contributed by atoms with Gasteiger partial charge in [0, 0.05) is 41.8 Å². The number of hydrogen-bond donors (Lipinski definition) is 0. The number of ether oxygens (including phenoxy) is 2. The quantitative estimate of drug-likeness (QED) is 0.0625. The SMILES string of the molecule is CCCCCC(CC)C(=O)Oc1ccc(Sc2cccc3c2C(=O)c2cccc(Sc4ccc(OCCC(C)C)cc4)c2C3=O)cc1. The molecule has 1 unspecified atom stereocenters. The molecular formula is C40H42O5S2. The summed E-state index contributed by atoms with van der Waals surface area (Å²) in [7, 11) is 0. The summed E-state index contributed by atoms with van der Waals surface area (Å²) in [6, 6.07) is 26.1. The van der Waals surface area contributed by atoms with Gasteiger partial charge in [0.05, 0.1) is 12.5 Å². The van der Waals surface area contributed by atoms with Crippen LogP contribution in [0.15, 0.2) is 105 Å². The van der Waals surface area contributed by atoms with Crippen molar-refractivity contribution in [2.45, 2.75) is 85.8 Å². The topological polar surface area (TPSA) is 69.7 Å². The summed E-state index contributed by atoms with van der Waals surface area (Å²) in [5.41, 5.74) is 1.70. The maximum atomic E-state index is 14.0. The second-order valence-corrected chi connectivity index (χ2v) is 14.4. The van der Waals surface area contributed by atoms with Crippen molar-refractivity contribution in [1.82, 2.24) is 0 Å². The summed E-state index contributed by atoms with van der Waals surface area (Å²) in [6.07, 6.45) is 5.84. The predicted molar refractivity (Wildman–Crippen MR) is 189 cm³/mol. The molecule has 0 N–H and O–H groups in total. The standard InChI is InChI=1S/C40H42O5S2/c1-5-7-8-11-27(6-2)40(43)45-29-18-22-31(23-19-29)47-35-15-10-13-33-37(35)39(42)32-12-9-14-34(36(32)38(33)41)46-30-20-16-28(17-21-30)44-25-24-26(3)4/h9-10,12-23,26-27H,5-8,11,24-25H2,1-4H3. The first kappa shape index (κ1) is 34.5. The first-order chi connectivity index (χ1) is 22.8. The minimum atomic E-state index is -0.190. The molecule has 0 spiro atoms. The lowest BCUT2D eigenvalue weighted by molar-refractivity contribution is -0.139. The van der Waals surface area contributed by atoms with Crippen molar-refractivity contribution < 1.29 is 23.9 Å². The van der Waals surface area contributed by atoms with Crippen LogP contribution in [0.4, 0.5) is 0 Å². The Hall–Kier alpha value is -3.81. The van der Waals surface area contributed by atoms with E-state index < -0.39 is 0 Å². The zero-order chi connectivity index (χ0) is 33.3. The molecule has 4 aromatic rings. The molecule has 0 saturated heterocycles. The predicted octanol–water partition coefficient (Wildman–Crippen LogP) is 10.7. The second kappa shape index (κ2) is 16.3. The lowest BCUT2D eigenvalue weighted by atomic mass is 9.84. The van der Waals surface area contributed by atoms with Crippen LogP contribution in [0.25, 0.3) is 0 Å². The molecule has 0 heterocycles. The van der Waals surface area contributed by atoms with Crippen LogP contribution in [0, 0.1) is 11.8 Å². The Morgan fingerprint density at radius 2 is 1.21 bits per heavy atom. The molecule has 1 aliphatic rings. The first-order valence-corrected chi connectivity index (χ1v) is 18.2. The molecule has 5 rings (SSSR count). The third-order valence-corrected chi connectivity index (χ3v) is 10.4. The van der Waals surface area contributed by atoms with Crippen LogP contribution in [-0.2, 0) is 4.79 Å². The lowest BCUT2D eigenvalue weighted by Crippen LogP contribution is -2.22. The Morgan fingerprint density at radius 1 is 0.681 bits per heavy atom. The number of esters is 1. The van der Waals surface area contributed by atoms with E-state index in [0.29, 0.717) is 45.4 Å². The van der Waals surface area contributed by atoms with Crippen molar-refractivity contribution in [3.05, 3.63) is 107 Å². The van der Waals surface area contributed by atoms with E-state index in [9.17, 15) is 14.4 Å². The molecule has 0 bridgehead atoms. The molecule has 0 aliphatic heterocycles. The molecule has 1 aliphatic carbocycles. The fourth-order valence-electron chi connectivity index (χ4n) is 5.52. The normalized spacial score (nSPS) is 12.9. The molecule has 0 amide bonds. The van der Waals surface area contributed by atoms with Crippen LogP contribution in [0.3, 0.4) is 0 Å². The number of fused-ring (bicyclic) bond motifs is 2. The molecule has 7 heteroatoms. The van der Waals surface area contributed by atoms with Crippen molar-refractivity contribution in [3.63, 3.8) is 0 Å². The summed E-state index contributed by atoms with van der Waals surface area (Å²) in [5, 5.41) is 0. The van der Waals surface area contributed by atoms with Crippen molar-refractivity contribution in [1.29, 1.82) is 0 Å². The lowest BCUT2D eigenvalue weighted by Gasteiger charge is -2.22. The minimum Gasteiger partial charge on any atom is -0.494 e. The van der Waals surface area contributed by atoms with E-state index in [0.717, 1.165) is 59.0 Å². The molecule has 244 valence electrons. The molecule has 0 radical (unpaired) electrons. The Bertz CT molecular complexity index is 1710. The van der Waals surface area contributed by atoms with Gasteiger partial charge in [-0.3, -0.25) is 14.4 Å². The van der Waals surface area contributed by atoms with Crippen LogP contribution in [0.1, 0.15) is 98.1 Å². The fourth-order valence-corrected chi connectivity index (χ4v) is 7.48. The smallest absolute Gasteiger partial charge is 0.314 e. The van der Waals surface area contributed by atoms with Crippen molar-refractivity contribution >= 4 is 41.1 Å². The number of hydrogen-bond acceptors (Lipinski definition) is 7. The van der Waals surface area contributed by atoms with Crippen LogP contribution < -0.4 is 9.47 Å².